The zero-order chi connectivity index (χ0) is 19.0. The maximum absolute atomic E-state index is 5.85. The second kappa shape index (κ2) is 15.6. The lowest BCUT2D eigenvalue weighted by atomic mass is 10.4. The van der Waals surface area contributed by atoms with Crippen molar-refractivity contribution in [2.75, 3.05) is 125 Å². The van der Waals surface area contributed by atoms with E-state index in [1.165, 1.54) is 0 Å². The molecule has 27 heavy (non-hydrogen) atoms. The van der Waals surface area contributed by atoms with Crippen LogP contribution in [0.3, 0.4) is 0 Å². The molecule has 3 aliphatic rings. The van der Waals surface area contributed by atoms with Crippen LogP contribution in [0.15, 0.2) is 0 Å². The van der Waals surface area contributed by atoms with Crippen molar-refractivity contribution in [1.29, 1.82) is 0 Å². The number of fused-ring (bicyclic) bond motifs is 21. The van der Waals surface area contributed by atoms with Gasteiger partial charge in [0.1, 0.15) is 0 Å². The molecule has 0 atom stereocenters. The minimum Gasteiger partial charge on any atom is -0.379 e. The van der Waals surface area contributed by atoms with Crippen molar-refractivity contribution in [2.45, 2.75) is 0 Å². The fraction of sp³-hybridized carbons (Fsp3) is 1.00. The molecular formula is C19H39N3O5. The fourth-order valence-corrected chi connectivity index (χ4v) is 3.03. The summed E-state index contributed by atoms with van der Waals surface area (Å²) in [6.45, 7) is 14.4. The highest BCUT2D eigenvalue weighted by Gasteiger charge is 2.10. The van der Waals surface area contributed by atoms with Gasteiger partial charge in [-0.3, -0.25) is 9.80 Å². The van der Waals surface area contributed by atoms with Gasteiger partial charge in [-0.05, 0) is 7.05 Å². The second-order valence-corrected chi connectivity index (χ2v) is 7.05. The van der Waals surface area contributed by atoms with Crippen molar-refractivity contribution in [3.63, 3.8) is 0 Å². The molecule has 8 nitrogen and oxygen atoms in total. The number of ether oxygens (including phenoxy) is 5. The Morgan fingerprint density at radius 2 is 0.704 bits per heavy atom. The normalized spacial score (nSPS) is 30.6. The average Bonchev–Trinajstić information content (AvgIpc) is 2.67. The zero-order valence-electron chi connectivity index (χ0n) is 17.1. The van der Waals surface area contributed by atoms with Crippen molar-refractivity contribution in [3.05, 3.63) is 0 Å². The quantitative estimate of drug-likeness (QED) is 0.557. The summed E-state index contributed by atoms with van der Waals surface area (Å²) in [6.07, 6.45) is 0. The van der Waals surface area contributed by atoms with E-state index in [0.717, 1.165) is 78.8 Å². The first-order valence-corrected chi connectivity index (χ1v) is 10.4. The summed E-state index contributed by atoms with van der Waals surface area (Å²) < 4.78 is 28.8. The Kier molecular flexibility index (Phi) is 13.3. The largest absolute Gasteiger partial charge is 0.379 e. The zero-order valence-corrected chi connectivity index (χ0v) is 17.1. The van der Waals surface area contributed by atoms with Crippen molar-refractivity contribution in [2.24, 2.45) is 0 Å². The van der Waals surface area contributed by atoms with Crippen LogP contribution in [0.25, 0.3) is 0 Å². The maximum Gasteiger partial charge on any atom is 0.0701 e. The Bertz CT molecular complexity index is 331. The van der Waals surface area contributed by atoms with Gasteiger partial charge in [-0.1, -0.05) is 0 Å². The molecule has 0 amide bonds. The summed E-state index contributed by atoms with van der Waals surface area (Å²) >= 11 is 0. The Labute approximate surface area is 164 Å². The molecule has 0 aromatic rings. The minimum absolute atomic E-state index is 0.646. The number of rotatable bonds is 0. The maximum atomic E-state index is 5.85. The highest BCUT2D eigenvalue weighted by atomic mass is 16.5. The Morgan fingerprint density at radius 1 is 0.370 bits per heavy atom. The first-order valence-electron chi connectivity index (χ1n) is 10.4. The molecule has 160 valence electrons. The lowest BCUT2D eigenvalue weighted by Gasteiger charge is -2.26. The molecule has 0 aliphatic carbocycles. The first kappa shape index (κ1) is 23.0. The van der Waals surface area contributed by atoms with E-state index in [-0.39, 0.29) is 0 Å². The molecule has 2 bridgehead atoms. The van der Waals surface area contributed by atoms with Crippen LogP contribution in [0.5, 0.6) is 0 Å². The van der Waals surface area contributed by atoms with E-state index in [1.54, 1.807) is 0 Å². The van der Waals surface area contributed by atoms with Gasteiger partial charge in [0.15, 0.2) is 0 Å². The van der Waals surface area contributed by atoms with Gasteiger partial charge in [-0.25, -0.2) is 0 Å². The highest BCUT2D eigenvalue weighted by Crippen LogP contribution is 1.96. The number of likely N-dealkylation sites (N-methyl/N-ethyl adjacent to an activating group) is 1. The van der Waals surface area contributed by atoms with Gasteiger partial charge >= 0.3 is 0 Å². The lowest BCUT2D eigenvalue weighted by Crippen LogP contribution is -2.39. The molecule has 3 aliphatic heterocycles. The van der Waals surface area contributed by atoms with Crippen LogP contribution >= 0.6 is 0 Å². The molecule has 3 fully saturated rings. The van der Waals surface area contributed by atoms with Crippen LogP contribution in [-0.2, 0) is 23.7 Å². The second-order valence-electron chi connectivity index (χ2n) is 7.05. The predicted molar refractivity (Wildman–Crippen MR) is 104 cm³/mol. The third-order valence-corrected chi connectivity index (χ3v) is 4.92. The van der Waals surface area contributed by atoms with E-state index >= 15 is 0 Å². The van der Waals surface area contributed by atoms with Crippen LogP contribution < -0.4 is 0 Å². The monoisotopic (exact) mass is 389 g/mol. The van der Waals surface area contributed by atoms with Crippen molar-refractivity contribution in [3.8, 4) is 0 Å². The van der Waals surface area contributed by atoms with Crippen molar-refractivity contribution in [1.82, 2.24) is 14.7 Å². The molecule has 3 saturated heterocycles. The molecule has 8 heteroatoms. The highest BCUT2D eigenvalue weighted by molar-refractivity contribution is 4.62. The summed E-state index contributed by atoms with van der Waals surface area (Å²) in [6, 6.07) is 0. The summed E-state index contributed by atoms with van der Waals surface area (Å²) in [7, 11) is 2.16. The molecule has 0 spiro atoms. The summed E-state index contributed by atoms with van der Waals surface area (Å²) in [5.41, 5.74) is 0. The summed E-state index contributed by atoms with van der Waals surface area (Å²) in [4.78, 5) is 7.08. The van der Waals surface area contributed by atoms with Crippen LogP contribution in [0.1, 0.15) is 0 Å². The van der Waals surface area contributed by atoms with Crippen LogP contribution in [-0.4, -0.2) is 140 Å². The fourth-order valence-electron chi connectivity index (χ4n) is 3.03. The van der Waals surface area contributed by atoms with Crippen LogP contribution in [0.4, 0.5) is 0 Å². The van der Waals surface area contributed by atoms with E-state index in [1.807, 2.05) is 0 Å². The third kappa shape index (κ3) is 12.0. The average molecular weight is 390 g/mol. The third-order valence-electron chi connectivity index (χ3n) is 4.92. The van der Waals surface area contributed by atoms with E-state index in [4.69, 9.17) is 23.7 Å². The molecule has 0 aromatic heterocycles. The van der Waals surface area contributed by atoms with E-state index < -0.39 is 0 Å². The smallest absolute Gasteiger partial charge is 0.0701 e. The van der Waals surface area contributed by atoms with E-state index in [2.05, 4.69) is 21.7 Å². The number of hydrogen-bond donors (Lipinski definition) is 0. The van der Waals surface area contributed by atoms with Crippen LogP contribution in [0, 0.1) is 0 Å². The van der Waals surface area contributed by atoms with Crippen molar-refractivity contribution < 1.29 is 23.7 Å². The molecular weight excluding hydrogens is 350 g/mol. The molecule has 0 aromatic carbocycles. The standard InChI is InChI=1S/C19H39N3O5/c1-20-2-3-21-5-12-24-16-18-26-14-8-22(7-11-23-10-4-20)9-15-27-19-17-25-13-6-21/h2-19H2,1H3. The predicted octanol–water partition coefficient (Wildman–Crippen LogP) is -0.368. The molecule has 3 rings (SSSR count). The Balaban J connectivity index is 1.91. The topological polar surface area (TPSA) is 55.9 Å². The molecule has 0 unspecified atom stereocenters. The Morgan fingerprint density at radius 3 is 1.15 bits per heavy atom. The Hall–Kier alpha value is -0.320. The van der Waals surface area contributed by atoms with Gasteiger partial charge in [0.2, 0.25) is 0 Å². The summed E-state index contributed by atoms with van der Waals surface area (Å²) in [5.74, 6) is 0. The number of hydrogen-bond acceptors (Lipinski definition) is 8. The molecule has 0 N–H and O–H groups in total. The lowest BCUT2D eigenvalue weighted by molar-refractivity contribution is 0.000713. The van der Waals surface area contributed by atoms with E-state index in [0.29, 0.717) is 39.6 Å². The molecule has 3 heterocycles. The molecule has 0 radical (unpaired) electrons. The van der Waals surface area contributed by atoms with Gasteiger partial charge in [0, 0.05) is 52.4 Å². The molecule has 0 saturated carbocycles. The van der Waals surface area contributed by atoms with Crippen molar-refractivity contribution >= 4 is 0 Å². The minimum atomic E-state index is 0.646. The van der Waals surface area contributed by atoms with Gasteiger partial charge < -0.3 is 28.6 Å². The number of nitrogens with zero attached hydrogens (tertiary/aromatic N) is 3. The van der Waals surface area contributed by atoms with Gasteiger partial charge in [0.05, 0.1) is 66.1 Å². The SMILES string of the molecule is CN1CCOCCN2CCOCCOCCN(CCOCCOCC2)CC1. The first-order chi connectivity index (χ1) is 13.3. The summed E-state index contributed by atoms with van der Waals surface area (Å²) in [5, 5.41) is 0. The van der Waals surface area contributed by atoms with Gasteiger partial charge in [0.25, 0.3) is 0 Å². The van der Waals surface area contributed by atoms with Gasteiger partial charge in [-0.2, -0.15) is 0 Å². The van der Waals surface area contributed by atoms with Gasteiger partial charge in [-0.15, -0.1) is 0 Å². The van der Waals surface area contributed by atoms with Crippen LogP contribution in [0.2, 0.25) is 0 Å². The van der Waals surface area contributed by atoms with E-state index in [9.17, 15) is 0 Å².